The first-order chi connectivity index (χ1) is 23.8. The Morgan fingerprint density at radius 2 is 0.958 bits per heavy atom. The molecule has 2 heterocycles. The molecule has 6 nitrogen and oxygen atoms in total. The van der Waals surface area contributed by atoms with Gasteiger partial charge in [0.05, 0.1) is 43.3 Å². The van der Waals surface area contributed by atoms with Gasteiger partial charge in [-0.3, -0.25) is 0 Å². The van der Waals surface area contributed by atoms with E-state index in [1.165, 1.54) is 0 Å². The maximum absolute atomic E-state index is 7.02. The predicted molar refractivity (Wildman–Crippen MR) is 188 cm³/mol. The fraction of sp³-hybridized carbons (Fsp3) is 0.244. The van der Waals surface area contributed by atoms with Crippen LogP contribution in [0.15, 0.2) is 146 Å². The first-order valence-corrected chi connectivity index (χ1v) is 17.2. The van der Waals surface area contributed by atoms with Crippen LogP contribution in [-0.4, -0.2) is 36.0 Å². The Balaban J connectivity index is 1.24. The van der Waals surface area contributed by atoms with Gasteiger partial charge >= 0.3 is 0 Å². The summed E-state index contributed by atoms with van der Waals surface area (Å²) in [5.74, 6) is 0. The maximum atomic E-state index is 7.02. The monoisotopic (exact) mass is 657 g/mol. The van der Waals surface area contributed by atoms with Crippen LogP contribution < -0.4 is 0 Å². The van der Waals surface area contributed by atoms with Crippen molar-refractivity contribution < 1.29 is 23.7 Å². The van der Waals surface area contributed by atoms with E-state index in [9.17, 15) is 0 Å². The Kier molecular flexibility index (Phi) is 11.0. The lowest BCUT2D eigenvalue weighted by Crippen LogP contribution is -2.58. The van der Waals surface area contributed by atoms with Crippen LogP contribution in [0.2, 0.25) is 0 Å². The molecule has 5 aromatic carbocycles. The minimum atomic E-state index is -0.513. The van der Waals surface area contributed by atoms with Crippen LogP contribution in [0.3, 0.4) is 0 Å². The number of thiazole rings is 1. The first-order valence-electron chi connectivity index (χ1n) is 16.4. The van der Waals surface area contributed by atoms with Gasteiger partial charge in [0.1, 0.15) is 35.5 Å². The zero-order chi connectivity index (χ0) is 32.4. The Labute approximate surface area is 285 Å². The molecule has 0 unspecified atom stereocenters. The lowest BCUT2D eigenvalue weighted by atomic mass is 9.94. The third kappa shape index (κ3) is 8.25. The topological polar surface area (TPSA) is 59.0 Å². The van der Waals surface area contributed by atoms with Crippen molar-refractivity contribution in [3.63, 3.8) is 0 Å². The molecule has 1 aromatic heterocycles. The second-order valence-corrected chi connectivity index (χ2v) is 13.0. The molecule has 48 heavy (non-hydrogen) atoms. The van der Waals surface area contributed by atoms with E-state index in [0.717, 1.165) is 37.5 Å². The van der Waals surface area contributed by atoms with Crippen LogP contribution >= 0.6 is 11.3 Å². The van der Waals surface area contributed by atoms with Crippen molar-refractivity contribution in [1.82, 2.24) is 4.98 Å². The molecule has 1 fully saturated rings. The number of nitrogens with zero attached hydrogens (tertiary/aromatic N) is 1. The summed E-state index contributed by atoms with van der Waals surface area (Å²) in [6, 6.07) is 49.0. The van der Waals surface area contributed by atoms with Gasteiger partial charge in [-0.05, 0) is 34.4 Å². The van der Waals surface area contributed by atoms with E-state index in [4.69, 9.17) is 28.7 Å². The second-order valence-electron chi connectivity index (χ2n) is 11.9. The number of para-hydroxylation sites is 1. The maximum Gasteiger partial charge on any atom is 0.138 e. The summed E-state index contributed by atoms with van der Waals surface area (Å²) in [5.41, 5.74) is 5.24. The molecule has 5 atom stereocenters. The zero-order valence-corrected chi connectivity index (χ0v) is 27.5. The highest BCUT2D eigenvalue weighted by atomic mass is 32.1. The van der Waals surface area contributed by atoms with Gasteiger partial charge in [0.15, 0.2) is 0 Å². The van der Waals surface area contributed by atoms with Gasteiger partial charge in [-0.25, -0.2) is 4.98 Å². The Morgan fingerprint density at radius 3 is 1.50 bits per heavy atom. The number of fused-ring (bicyclic) bond motifs is 1. The summed E-state index contributed by atoms with van der Waals surface area (Å²) in [6.07, 6.45) is -2.45. The van der Waals surface area contributed by atoms with Gasteiger partial charge in [-0.2, -0.15) is 0 Å². The lowest BCUT2D eigenvalue weighted by molar-refractivity contribution is -0.275. The van der Waals surface area contributed by atoms with E-state index in [2.05, 4.69) is 54.6 Å². The molecule has 0 radical (unpaired) electrons. The standard InChI is InChI=1S/C41H39NO5S/c1-5-15-30(16-6-1)25-43-29-35-37(44-26-31-17-7-2-8-18-31)38(45-27-32-19-9-3-10-20-32)39(46-28-33-21-11-4-12-22-33)40(47-35)41-42-34-23-13-14-24-36(34)48-41/h1-24,35,37-40H,25-29H2/t35-,37-,38+,39-,40+/m1/s1. The number of hydrogen-bond acceptors (Lipinski definition) is 7. The third-order valence-corrected chi connectivity index (χ3v) is 9.54. The van der Waals surface area contributed by atoms with Gasteiger partial charge in [0, 0.05) is 0 Å². The molecule has 0 saturated carbocycles. The van der Waals surface area contributed by atoms with Crippen LogP contribution in [0, 0.1) is 0 Å². The molecule has 7 heteroatoms. The van der Waals surface area contributed by atoms with E-state index in [1.54, 1.807) is 11.3 Å². The molecule has 1 aliphatic heterocycles. The van der Waals surface area contributed by atoms with Crippen LogP contribution in [0.25, 0.3) is 10.2 Å². The summed E-state index contributed by atoms with van der Waals surface area (Å²) in [6.45, 7) is 1.95. The minimum absolute atomic E-state index is 0.312. The summed E-state index contributed by atoms with van der Waals surface area (Å²) < 4.78 is 35.0. The average molecular weight is 658 g/mol. The molecule has 1 saturated heterocycles. The van der Waals surface area contributed by atoms with Gasteiger partial charge < -0.3 is 23.7 Å². The third-order valence-electron chi connectivity index (χ3n) is 8.44. The predicted octanol–water partition coefficient (Wildman–Crippen LogP) is 8.71. The zero-order valence-electron chi connectivity index (χ0n) is 26.7. The highest BCUT2D eigenvalue weighted by Crippen LogP contribution is 2.41. The normalized spacial score (nSPS) is 21.0. The van der Waals surface area contributed by atoms with Gasteiger partial charge in [-0.15, -0.1) is 11.3 Å². The number of ether oxygens (including phenoxy) is 5. The van der Waals surface area contributed by atoms with E-state index < -0.39 is 30.5 Å². The average Bonchev–Trinajstić information content (AvgIpc) is 3.59. The van der Waals surface area contributed by atoms with E-state index in [1.807, 2.05) is 91.0 Å². The number of aromatic nitrogens is 1. The molecule has 0 bridgehead atoms. The molecule has 0 spiro atoms. The Bertz CT molecular complexity index is 1790. The molecule has 1 aliphatic rings. The van der Waals surface area contributed by atoms with Crippen LogP contribution in [0.4, 0.5) is 0 Å². The molecule has 7 rings (SSSR count). The van der Waals surface area contributed by atoms with E-state index >= 15 is 0 Å². The molecular weight excluding hydrogens is 619 g/mol. The Hall–Kier alpha value is -4.21. The smallest absolute Gasteiger partial charge is 0.138 e. The molecular formula is C41H39NO5S. The van der Waals surface area contributed by atoms with Gasteiger partial charge in [-0.1, -0.05) is 133 Å². The highest BCUT2D eigenvalue weighted by molar-refractivity contribution is 7.18. The molecule has 6 aromatic rings. The number of benzene rings is 5. The summed E-state index contributed by atoms with van der Waals surface area (Å²) in [4.78, 5) is 5.05. The molecule has 0 amide bonds. The van der Waals surface area contributed by atoms with Crippen molar-refractivity contribution in [2.24, 2.45) is 0 Å². The largest absolute Gasteiger partial charge is 0.374 e. The van der Waals surface area contributed by atoms with Crippen molar-refractivity contribution in [2.45, 2.75) is 56.9 Å². The van der Waals surface area contributed by atoms with Crippen molar-refractivity contribution in [2.75, 3.05) is 6.61 Å². The summed E-state index contributed by atoms with van der Waals surface area (Å²) >= 11 is 1.63. The molecule has 244 valence electrons. The fourth-order valence-corrected chi connectivity index (χ4v) is 7.04. The summed E-state index contributed by atoms with van der Waals surface area (Å²) in [7, 11) is 0. The fourth-order valence-electron chi connectivity index (χ4n) is 6.00. The number of hydrogen-bond donors (Lipinski definition) is 0. The quantitative estimate of drug-likeness (QED) is 0.117. The van der Waals surface area contributed by atoms with Crippen LogP contribution in [0.1, 0.15) is 33.4 Å². The lowest BCUT2D eigenvalue weighted by Gasteiger charge is -2.45. The Morgan fingerprint density at radius 1 is 0.500 bits per heavy atom. The van der Waals surface area contributed by atoms with Crippen molar-refractivity contribution in [3.8, 4) is 0 Å². The summed E-state index contributed by atoms with van der Waals surface area (Å²) in [5, 5.41) is 0.845. The van der Waals surface area contributed by atoms with Crippen molar-refractivity contribution in [1.29, 1.82) is 0 Å². The van der Waals surface area contributed by atoms with Crippen molar-refractivity contribution >= 4 is 21.6 Å². The first kappa shape index (κ1) is 32.3. The molecule has 0 aliphatic carbocycles. The SMILES string of the molecule is c1ccc(COC[C@H]2O[C@H](c3nc4ccccc4s3)[C@H](OCc3ccccc3)[C@@H](OCc3ccccc3)[C@@H]2OCc2ccccc2)cc1. The van der Waals surface area contributed by atoms with Gasteiger partial charge in [0.2, 0.25) is 0 Å². The van der Waals surface area contributed by atoms with Gasteiger partial charge in [0.25, 0.3) is 0 Å². The van der Waals surface area contributed by atoms with Crippen molar-refractivity contribution in [3.05, 3.63) is 173 Å². The van der Waals surface area contributed by atoms with E-state index in [0.29, 0.717) is 33.0 Å². The number of rotatable bonds is 14. The van der Waals surface area contributed by atoms with Crippen LogP contribution in [0.5, 0.6) is 0 Å². The minimum Gasteiger partial charge on any atom is -0.374 e. The highest BCUT2D eigenvalue weighted by Gasteiger charge is 2.50. The van der Waals surface area contributed by atoms with E-state index in [-0.39, 0.29) is 0 Å². The molecule has 0 N–H and O–H groups in total. The van der Waals surface area contributed by atoms with Crippen LogP contribution in [-0.2, 0) is 50.1 Å². The second kappa shape index (κ2) is 16.3.